The summed E-state index contributed by atoms with van der Waals surface area (Å²) in [5, 5.41) is 1.49. The number of nitrogens with zero attached hydrogens (tertiary/aromatic N) is 1. The Labute approximate surface area is 130 Å². The lowest BCUT2D eigenvalue weighted by atomic mass is 10.2. The standard InChI is InChI=1S/C19H16NOP/c21-22(18-12-6-2-7-13-18,19-14-8-3-9-15-19)20-16-17-10-4-1-5-11-17/h1-16H/b20-16-. The van der Waals surface area contributed by atoms with Crippen LogP contribution in [0.3, 0.4) is 0 Å². The van der Waals surface area contributed by atoms with E-state index in [-0.39, 0.29) is 0 Å². The largest absolute Gasteiger partial charge is 0.288 e. The van der Waals surface area contributed by atoms with Crippen LogP contribution in [0.4, 0.5) is 0 Å². The fraction of sp³-hybridized carbons (Fsp3) is 0. The second kappa shape index (κ2) is 6.55. The molecule has 3 rings (SSSR count). The number of hydrogen-bond acceptors (Lipinski definition) is 1. The second-order valence-corrected chi connectivity index (χ2v) is 7.32. The zero-order chi connectivity index (χ0) is 15.3. The zero-order valence-corrected chi connectivity index (χ0v) is 12.9. The van der Waals surface area contributed by atoms with Gasteiger partial charge in [0.2, 0.25) is 7.29 Å². The molecule has 0 atom stereocenters. The first-order chi connectivity index (χ1) is 10.8. The van der Waals surface area contributed by atoms with Crippen LogP contribution in [0.1, 0.15) is 5.56 Å². The Balaban J connectivity index is 2.09. The summed E-state index contributed by atoms with van der Waals surface area (Å²) < 4.78 is 18.1. The predicted octanol–water partition coefficient (Wildman–Crippen LogP) is 4.03. The first kappa shape index (κ1) is 14.5. The highest BCUT2D eigenvalue weighted by molar-refractivity contribution is 7.77. The summed E-state index contributed by atoms with van der Waals surface area (Å²) in [4.78, 5) is 0. The summed E-state index contributed by atoms with van der Waals surface area (Å²) >= 11 is 0. The van der Waals surface area contributed by atoms with E-state index in [1.165, 1.54) is 0 Å². The number of hydrogen-bond donors (Lipinski definition) is 0. The Kier molecular flexibility index (Phi) is 4.32. The van der Waals surface area contributed by atoms with E-state index in [4.69, 9.17) is 0 Å². The molecular formula is C19H16NOP. The molecule has 0 amide bonds. The summed E-state index contributed by atoms with van der Waals surface area (Å²) in [5.41, 5.74) is 0.939. The third kappa shape index (κ3) is 3.08. The molecule has 0 aromatic heterocycles. The van der Waals surface area contributed by atoms with E-state index in [0.29, 0.717) is 0 Å². The van der Waals surface area contributed by atoms with Gasteiger partial charge >= 0.3 is 0 Å². The van der Waals surface area contributed by atoms with Gasteiger partial charge in [-0.3, -0.25) is 4.57 Å². The van der Waals surface area contributed by atoms with Gasteiger partial charge < -0.3 is 0 Å². The van der Waals surface area contributed by atoms with Crippen molar-refractivity contribution >= 4 is 24.1 Å². The van der Waals surface area contributed by atoms with Crippen LogP contribution >= 0.6 is 7.29 Å². The molecule has 0 aliphatic heterocycles. The molecule has 0 spiro atoms. The van der Waals surface area contributed by atoms with Gasteiger partial charge in [0, 0.05) is 16.8 Å². The molecular weight excluding hydrogens is 289 g/mol. The maximum absolute atomic E-state index is 13.6. The highest BCUT2D eigenvalue weighted by Gasteiger charge is 2.25. The summed E-state index contributed by atoms with van der Waals surface area (Å²) in [6.45, 7) is 0. The smallest absolute Gasteiger partial charge is 0.247 e. The molecule has 0 N–H and O–H groups in total. The molecule has 3 aromatic rings. The average molecular weight is 305 g/mol. The number of rotatable bonds is 4. The summed E-state index contributed by atoms with van der Waals surface area (Å²) in [7, 11) is -3.02. The van der Waals surface area contributed by atoms with Crippen LogP contribution in [0.25, 0.3) is 0 Å². The summed E-state index contributed by atoms with van der Waals surface area (Å²) in [6.07, 6.45) is 1.70. The topological polar surface area (TPSA) is 29.4 Å². The molecule has 0 unspecified atom stereocenters. The van der Waals surface area contributed by atoms with Gasteiger partial charge in [-0.15, -0.1) is 0 Å². The number of benzene rings is 3. The first-order valence-corrected chi connectivity index (χ1v) is 8.77. The van der Waals surface area contributed by atoms with Crippen molar-refractivity contribution < 1.29 is 4.57 Å². The van der Waals surface area contributed by atoms with Gasteiger partial charge in [0.05, 0.1) is 0 Å². The van der Waals surface area contributed by atoms with E-state index < -0.39 is 7.29 Å². The third-order valence-electron chi connectivity index (χ3n) is 3.38. The summed E-state index contributed by atoms with van der Waals surface area (Å²) in [5.74, 6) is 0. The highest BCUT2D eigenvalue weighted by atomic mass is 31.2. The quantitative estimate of drug-likeness (QED) is 0.528. The van der Waals surface area contributed by atoms with Crippen LogP contribution in [0.15, 0.2) is 95.8 Å². The normalized spacial score (nSPS) is 11.6. The van der Waals surface area contributed by atoms with E-state index in [1.54, 1.807) is 6.21 Å². The molecule has 0 fully saturated rings. The molecule has 2 nitrogen and oxygen atoms in total. The second-order valence-electron chi connectivity index (χ2n) is 4.90. The van der Waals surface area contributed by atoms with Crippen molar-refractivity contribution in [2.75, 3.05) is 0 Å². The van der Waals surface area contributed by atoms with Gasteiger partial charge in [-0.25, -0.2) is 4.76 Å². The maximum Gasteiger partial charge on any atom is 0.247 e. The first-order valence-electron chi connectivity index (χ1n) is 7.11. The van der Waals surface area contributed by atoms with E-state index in [0.717, 1.165) is 16.2 Å². The molecule has 0 saturated heterocycles. The van der Waals surface area contributed by atoms with Crippen molar-refractivity contribution in [3.05, 3.63) is 96.6 Å². The van der Waals surface area contributed by atoms with Crippen molar-refractivity contribution in [1.29, 1.82) is 0 Å². The molecule has 0 heterocycles. The van der Waals surface area contributed by atoms with Gasteiger partial charge in [-0.2, -0.15) is 0 Å². The van der Waals surface area contributed by atoms with Crippen LogP contribution in [0.5, 0.6) is 0 Å². The third-order valence-corrected chi connectivity index (χ3v) is 5.82. The molecule has 3 heteroatoms. The van der Waals surface area contributed by atoms with E-state index >= 15 is 0 Å². The zero-order valence-electron chi connectivity index (χ0n) is 12.0. The monoisotopic (exact) mass is 305 g/mol. The van der Waals surface area contributed by atoms with Gasteiger partial charge in [0.15, 0.2) is 0 Å². The molecule has 3 aromatic carbocycles. The lowest BCUT2D eigenvalue weighted by molar-refractivity contribution is 0.588. The average Bonchev–Trinajstić information content (AvgIpc) is 2.62. The van der Waals surface area contributed by atoms with Crippen LogP contribution in [0.2, 0.25) is 0 Å². The molecule has 0 bridgehead atoms. The van der Waals surface area contributed by atoms with Gasteiger partial charge in [0.1, 0.15) is 0 Å². The molecule has 22 heavy (non-hydrogen) atoms. The molecule has 0 aliphatic carbocycles. The SMILES string of the molecule is O=P(/N=C\c1ccccc1)(c1ccccc1)c1ccccc1. The van der Waals surface area contributed by atoms with Crippen molar-refractivity contribution in [3.63, 3.8) is 0 Å². The lowest BCUT2D eigenvalue weighted by Gasteiger charge is -2.14. The Hall–Kier alpha value is -2.44. The van der Waals surface area contributed by atoms with Crippen molar-refractivity contribution in [2.24, 2.45) is 4.76 Å². The fourth-order valence-electron chi connectivity index (χ4n) is 2.23. The van der Waals surface area contributed by atoms with Crippen LogP contribution in [0, 0.1) is 0 Å². The molecule has 0 aliphatic rings. The van der Waals surface area contributed by atoms with E-state index in [1.807, 2.05) is 91.0 Å². The molecule has 108 valence electrons. The fourth-order valence-corrected chi connectivity index (χ4v) is 4.24. The minimum absolute atomic E-state index is 0.744. The Morgan fingerprint density at radius 1 is 0.636 bits per heavy atom. The van der Waals surface area contributed by atoms with E-state index in [9.17, 15) is 4.57 Å². The molecule has 0 radical (unpaired) electrons. The predicted molar refractivity (Wildman–Crippen MR) is 93.8 cm³/mol. The van der Waals surface area contributed by atoms with Gasteiger partial charge in [-0.1, -0.05) is 66.7 Å². The minimum atomic E-state index is -3.02. The molecule has 0 saturated carbocycles. The van der Waals surface area contributed by atoms with Crippen LogP contribution in [-0.4, -0.2) is 6.21 Å². The van der Waals surface area contributed by atoms with Crippen molar-refractivity contribution in [3.8, 4) is 0 Å². The van der Waals surface area contributed by atoms with E-state index in [2.05, 4.69) is 4.76 Å². The Morgan fingerprint density at radius 3 is 1.50 bits per heavy atom. The van der Waals surface area contributed by atoms with Crippen molar-refractivity contribution in [2.45, 2.75) is 0 Å². The maximum atomic E-state index is 13.6. The Bertz CT molecular complexity index is 755. The van der Waals surface area contributed by atoms with Crippen LogP contribution < -0.4 is 10.6 Å². The Morgan fingerprint density at radius 2 is 1.05 bits per heavy atom. The van der Waals surface area contributed by atoms with Gasteiger partial charge in [-0.05, 0) is 29.8 Å². The minimum Gasteiger partial charge on any atom is -0.288 e. The van der Waals surface area contributed by atoms with Gasteiger partial charge in [0.25, 0.3) is 0 Å². The lowest BCUT2D eigenvalue weighted by Crippen LogP contribution is -2.14. The van der Waals surface area contributed by atoms with Crippen molar-refractivity contribution in [1.82, 2.24) is 0 Å². The van der Waals surface area contributed by atoms with Crippen LogP contribution in [-0.2, 0) is 4.57 Å². The summed E-state index contributed by atoms with van der Waals surface area (Å²) in [6, 6.07) is 28.6. The highest BCUT2D eigenvalue weighted by Crippen LogP contribution is 2.44.